The molecule has 0 spiro atoms. The molecule has 2 aromatic carbocycles. The van der Waals surface area contributed by atoms with E-state index >= 15 is 0 Å². The molecular formula is C23H27NO4S. The lowest BCUT2D eigenvalue weighted by atomic mass is 10.0. The Morgan fingerprint density at radius 3 is 2.34 bits per heavy atom. The normalized spacial score (nSPS) is 19.0. The molecule has 0 aromatic heterocycles. The molecule has 0 saturated heterocycles. The average molecular weight is 414 g/mol. The first-order valence-electron chi connectivity index (χ1n) is 10.3. The highest BCUT2D eigenvalue weighted by molar-refractivity contribution is 7.89. The highest BCUT2D eigenvalue weighted by Crippen LogP contribution is 2.40. The second-order valence-electron chi connectivity index (χ2n) is 8.12. The zero-order valence-electron chi connectivity index (χ0n) is 16.9. The Morgan fingerprint density at radius 1 is 1.03 bits per heavy atom. The number of carbonyl (C=O) groups is 1. The molecule has 1 unspecified atom stereocenters. The van der Waals surface area contributed by atoms with Crippen molar-refractivity contribution in [3.63, 3.8) is 0 Å². The summed E-state index contributed by atoms with van der Waals surface area (Å²) < 4.78 is 31.0. The van der Waals surface area contributed by atoms with Crippen LogP contribution in [0.3, 0.4) is 0 Å². The van der Waals surface area contributed by atoms with Crippen molar-refractivity contribution in [1.82, 2.24) is 0 Å². The van der Waals surface area contributed by atoms with Gasteiger partial charge in [-0.05, 0) is 60.9 Å². The van der Waals surface area contributed by atoms with Crippen LogP contribution in [-0.4, -0.2) is 21.1 Å². The van der Waals surface area contributed by atoms with Crippen LogP contribution in [0.5, 0.6) is 0 Å². The van der Waals surface area contributed by atoms with Crippen LogP contribution in [0.4, 0.5) is 10.5 Å². The predicted molar refractivity (Wildman–Crippen MR) is 114 cm³/mol. The van der Waals surface area contributed by atoms with Gasteiger partial charge in [0, 0.05) is 12.1 Å². The summed E-state index contributed by atoms with van der Waals surface area (Å²) >= 11 is 0. The molecule has 1 heterocycles. The van der Waals surface area contributed by atoms with Crippen molar-refractivity contribution in [3.8, 4) is 0 Å². The molecule has 2 aliphatic rings. The molecule has 5 nitrogen and oxygen atoms in total. The van der Waals surface area contributed by atoms with Gasteiger partial charge in [-0.2, -0.15) is 0 Å². The van der Waals surface area contributed by atoms with E-state index in [4.69, 9.17) is 4.74 Å². The molecule has 0 radical (unpaired) electrons. The summed E-state index contributed by atoms with van der Waals surface area (Å²) in [6.07, 6.45) is 2.56. The lowest BCUT2D eigenvalue weighted by molar-refractivity contribution is 0.107. The molecule has 4 rings (SSSR count). The SMILES string of the molecule is CCCN1C(=O)OC(C)c2cc(CS(=O)(=O)Cc3ccc(C4CC4)cc3)ccc21. The third-order valence-electron chi connectivity index (χ3n) is 5.57. The van der Waals surface area contributed by atoms with Gasteiger partial charge in [0.05, 0.1) is 17.2 Å². The molecule has 1 aliphatic heterocycles. The topological polar surface area (TPSA) is 63.7 Å². The first-order valence-corrected chi connectivity index (χ1v) is 12.1. The maximum Gasteiger partial charge on any atom is 0.414 e. The summed E-state index contributed by atoms with van der Waals surface area (Å²) in [6.45, 7) is 4.40. The summed E-state index contributed by atoms with van der Waals surface area (Å²) in [7, 11) is -3.31. The molecule has 1 saturated carbocycles. The Balaban J connectivity index is 1.51. The smallest absolute Gasteiger partial charge is 0.414 e. The zero-order chi connectivity index (χ0) is 20.6. The van der Waals surface area contributed by atoms with E-state index in [1.165, 1.54) is 18.4 Å². The number of carbonyl (C=O) groups excluding carboxylic acids is 1. The third-order valence-corrected chi connectivity index (χ3v) is 7.11. The van der Waals surface area contributed by atoms with Crippen LogP contribution < -0.4 is 4.90 Å². The number of anilines is 1. The fraction of sp³-hybridized carbons (Fsp3) is 0.435. The van der Waals surface area contributed by atoms with Gasteiger partial charge in [0.25, 0.3) is 0 Å². The van der Waals surface area contributed by atoms with Gasteiger partial charge in [0.1, 0.15) is 6.10 Å². The Bertz CT molecular complexity index is 1010. The van der Waals surface area contributed by atoms with Gasteiger partial charge in [-0.1, -0.05) is 37.3 Å². The van der Waals surface area contributed by atoms with E-state index in [0.717, 1.165) is 28.8 Å². The molecule has 1 amide bonds. The number of fused-ring (bicyclic) bond motifs is 1. The van der Waals surface area contributed by atoms with Crippen molar-refractivity contribution in [2.75, 3.05) is 11.4 Å². The predicted octanol–water partition coefficient (Wildman–Crippen LogP) is 5.11. The average Bonchev–Trinajstić information content (AvgIpc) is 3.50. The maximum absolute atomic E-state index is 12.8. The monoisotopic (exact) mass is 413 g/mol. The molecule has 0 bridgehead atoms. The van der Waals surface area contributed by atoms with E-state index in [9.17, 15) is 13.2 Å². The Labute approximate surface area is 172 Å². The number of benzene rings is 2. The van der Waals surface area contributed by atoms with E-state index in [0.29, 0.717) is 12.5 Å². The van der Waals surface area contributed by atoms with Crippen molar-refractivity contribution < 1.29 is 17.9 Å². The molecule has 29 heavy (non-hydrogen) atoms. The van der Waals surface area contributed by atoms with Crippen LogP contribution in [0.25, 0.3) is 0 Å². The first-order chi connectivity index (χ1) is 13.9. The van der Waals surface area contributed by atoms with Crippen molar-refractivity contribution in [3.05, 3.63) is 64.7 Å². The molecular weight excluding hydrogens is 386 g/mol. The van der Waals surface area contributed by atoms with Crippen molar-refractivity contribution in [2.24, 2.45) is 0 Å². The number of hydrogen-bond acceptors (Lipinski definition) is 4. The van der Waals surface area contributed by atoms with E-state index in [1.807, 2.05) is 38.1 Å². The number of hydrogen-bond donors (Lipinski definition) is 0. The van der Waals surface area contributed by atoms with E-state index < -0.39 is 9.84 Å². The largest absolute Gasteiger partial charge is 0.441 e. The van der Waals surface area contributed by atoms with E-state index in [-0.39, 0.29) is 23.7 Å². The quantitative estimate of drug-likeness (QED) is 0.633. The van der Waals surface area contributed by atoms with Gasteiger partial charge in [-0.15, -0.1) is 0 Å². The number of nitrogens with zero attached hydrogens (tertiary/aromatic N) is 1. The minimum Gasteiger partial charge on any atom is -0.441 e. The number of sulfone groups is 1. The fourth-order valence-corrected chi connectivity index (χ4v) is 5.43. The second kappa shape index (κ2) is 7.82. The summed E-state index contributed by atoms with van der Waals surface area (Å²) in [6, 6.07) is 13.5. The highest BCUT2D eigenvalue weighted by atomic mass is 32.2. The highest BCUT2D eigenvalue weighted by Gasteiger charge is 2.30. The van der Waals surface area contributed by atoms with Crippen molar-refractivity contribution >= 4 is 21.6 Å². The van der Waals surface area contributed by atoms with Crippen LogP contribution in [0.1, 0.15) is 67.4 Å². The van der Waals surface area contributed by atoms with E-state index in [2.05, 4.69) is 12.1 Å². The van der Waals surface area contributed by atoms with Gasteiger partial charge in [0.15, 0.2) is 9.84 Å². The standard InChI is InChI=1S/C23H27NO4S/c1-3-12-24-22-11-6-18(13-21(22)16(2)28-23(24)25)15-29(26,27)14-17-4-7-19(8-5-17)20-9-10-20/h4-8,11,13,16,20H,3,9-10,12,14-15H2,1-2H3. The Hall–Kier alpha value is -2.34. The molecule has 6 heteroatoms. The fourth-order valence-electron chi connectivity index (χ4n) is 3.94. The Morgan fingerprint density at radius 2 is 1.69 bits per heavy atom. The first kappa shape index (κ1) is 20.0. The minimum absolute atomic E-state index is 0.0287. The lowest BCUT2D eigenvalue weighted by Gasteiger charge is -2.32. The van der Waals surface area contributed by atoms with Gasteiger partial charge in [-0.3, -0.25) is 4.90 Å². The third kappa shape index (κ3) is 4.47. The number of cyclic esters (lactones) is 1. The second-order valence-corrected chi connectivity index (χ2v) is 10.2. The summed E-state index contributed by atoms with van der Waals surface area (Å²) in [5.74, 6) is 0.667. The summed E-state index contributed by atoms with van der Waals surface area (Å²) in [5, 5.41) is 0. The molecule has 1 aliphatic carbocycles. The van der Waals surface area contributed by atoms with Crippen LogP contribution >= 0.6 is 0 Å². The molecule has 1 fully saturated rings. The lowest BCUT2D eigenvalue weighted by Crippen LogP contribution is -2.37. The molecule has 2 aromatic rings. The number of rotatable bonds is 7. The molecule has 1 atom stereocenters. The van der Waals surface area contributed by atoms with Gasteiger partial charge >= 0.3 is 6.09 Å². The van der Waals surface area contributed by atoms with Crippen LogP contribution in [0, 0.1) is 0 Å². The van der Waals surface area contributed by atoms with E-state index in [1.54, 1.807) is 11.0 Å². The van der Waals surface area contributed by atoms with Gasteiger partial charge < -0.3 is 4.74 Å². The number of amides is 1. The van der Waals surface area contributed by atoms with Crippen molar-refractivity contribution in [1.29, 1.82) is 0 Å². The van der Waals surface area contributed by atoms with Crippen LogP contribution in [-0.2, 0) is 26.1 Å². The van der Waals surface area contributed by atoms with Crippen molar-refractivity contribution in [2.45, 2.75) is 56.6 Å². The zero-order valence-corrected chi connectivity index (χ0v) is 17.7. The summed E-state index contributed by atoms with van der Waals surface area (Å²) in [5.41, 5.74) is 4.52. The number of ether oxygens (including phenoxy) is 1. The maximum atomic E-state index is 12.8. The molecule has 154 valence electrons. The Kier molecular flexibility index (Phi) is 5.38. The minimum atomic E-state index is -3.31. The van der Waals surface area contributed by atoms with Crippen LogP contribution in [0.15, 0.2) is 42.5 Å². The van der Waals surface area contributed by atoms with Crippen LogP contribution in [0.2, 0.25) is 0 Å². The molecule has 0 N–H and O–H groups in total. The van der Waals surface area contributed by atoms with Gasteiger partial charge in [0.2, 0.25) is 0 Å². The van der Waals surface area contributed by atoms with Gasteiger partial charge in [-0.25, -0.2) is 13.2 Å². The summed E-state index contributed by atoms with van der Waals surface area (Å²) in [4.78, 5) is 13.8.